The molecule has 8 aromatic rings. The zero-order valence-electron chi connectivity index (χ0n) is 33.0. The van der Waals surface area contributed by atoms with Crippen molar-refractivity contribution >= 4 is 85.8 Å². The summed E-state index contributed by atoms with van der Waals surface area (Å²) < 4.78 is 0. The zero-order chi connectivity index (χ0) is 39.9. The number of hydrogen-bond donors (Lipinski definition) is 0. The van der Waals surface area contributed by atoms with E-state index in [0.29, 0.717) is 5.56 Å². The molecule has 3 aromatic heterocycles. The smallest absolute Gasteiger partial charge is 0.657 e. The molecule has 0 aliphatic carbocycles. The number of fused-ring (bicyclic) bond motifs is 10. The van der Waals surface area contributed by atoms with Gasteiger partial charge >= 0.3 is 19.5 Å². The Morgan fingerprint density at radius 2 is 1.12 bits per heavy atom. The molecule has 0 N–H and O–H groups in total. The first-order valence-electron chi connectivity index (χ1n) is 20.0. The quantitative estimate of drug-likeness (QED) is 0.0859. The van der Waals surface area contributed by atoms with Crippen LogP contribution in [-0.4, -0.2) is 14.9 Å². The summed E-state index contributed by atoms with van der Waals surface area (Å²) in [6, 6.07) is 44.5. The monoisotopic (exact) mass is 827 g/mol. The number of nitrogens with zero attached hydrogens (tertiary/aromatic N) is 5. The number of non-ortho nitro benzene ring substituents is 1. The Bertz CT molecular complexity index is 3170. The fourth-order valence-corrected chi connectivity index (χ4v) is 8.31. The number of benzene rings is 5. The van der Waals surface area contributed by atoms with Crippen molar-refractivity contribution in [3.63, 3.8) is 0 Å². The number of nitro groups is 1. The molecule has 0 saturated heterocycles. The SMILES string of the molecule is CCCCc1c2nc(c(-c3cccc4ccccc34)c3ccc([n-]3)c(/C=C/c3cccc([N+](=O)[O-])c3)c3nc(c(-c4cccc5ccccc45)c4ccc1[n-]4)C=C3)C=C2.[Zn+2]. The summed E-state index contributed by atoms with van der Waals surface area (Å²) in [7, 11) is 0. The van der Waals surface area contributed by atoms with Crippen LogP contribution < -0.4 is 9.97 Å². The molecule has 8 bridgehead atoms. The fourth-order valence-electron chi connectivity index (χ4n) is 8.31. The van der Waals surface area contributed by atoms with Gasteiger partial charge in [-0.3, -0.25) is 10.1 Å². The van der Waals surface area contributed by atoms with Gasteiger partial charge < -0.3 is 9.97 Å². The molecule has 0 radical (unpaired) electrons. The van der Waals surface area contributed by atoms with Gasteiger partial charge in [0.15, 0.2) is 0 Å². The summed E-state index contributed by atoms with van der Waals surface area (Å²) in [5, 5.41) is 16.2. The van der Waals surface area contributed by atoms with E-state index in [1.807, 2.05) is 30.4 Å². The second-order valence-electron chi connectivity index (χ2n) is 14.8. The maximum atomic E-state index is 11.7. The Kier molecular flexibility index (Phi) is 10.5. The summed E-state index contributed by atoms with van der Waals surface area (Å²) in [6.45, 7) is 2.21. The van der Waals surface area contributed by atoms with Gasteiger partial charge in [-0.25, -0.2) is 9.97 Å². The van der Waals surface area contributed by atoms with Crippen LogP contribution in [0.5, 0.6) is 0 Å². The number of aromatic nitrogens is 4. The maximum absolute atomic E-state index is 11.7. The Morgan fingerprint density at radius 1 is 0.583 bits per heavy atom. The van der Waals surface area contributed by atoms with Crippen LogP contribution in [0.1, 0.15) is 59.2 Å². The van der Waals surface area contributed by atoms with Crippen LogP contribution in [0.4, 0.5) is 5.69 Å². The molecule has 5 heterocycles. The van der Waals surface area contributed by atoms with Gasteiger partial charge in [-0.15, -0.1) is 22.1 Å². The molecule has 284 valence electrons. The average molecular weight is 829 g/mol. The molecule has 0 spiro atoms. The third kappa shape index (κ3) is 7.10. The summed E-state index contributed by atoms with van der Waals surface area (Å²) in [6.07, 6.45) is 15.1. The maximum Gasteiger partial charge on any atom is 2.00 e. The minimum absolute atomic E-state index is 0. The summed E-state index contributed by atoms with van der Waals surface area (Å²) >= 11 is 0. The van der Waals surface area contributed by atoms with Crippen LogP contribution in [0.25, 0.3) is 102 Å². The topological polar surface area (TPSA) is 97.1 Å². The predicted octanol–water partition coefficient (Wildman–Crippen LogP) is 13.0. The van der Waals surface area contributed by atoms with Crippen molar-refractivity contribution < 1.29 is 24.4 Å². The minimum atomic E-state index is -0.376. The van der Waals surface area contributed by atoms with Gasteiger partial charge in [-0.05, 0) is 97.6 Å². The van der Waals surface area contributed by atoms with Crippen molar-refractivity contribution in [2.45, 2.75) is 26.2 Å². The van der Waals surface area contributed by atoms with Gasteiger partial charge in [0.25, 0.3) is 5.69 Å². The van der Waals surface area contributed by atoms with Crippen LogP contribution in [0.3, 0.4) is 0 Å². The van der Waals surface area contributed by atoms with Crippen molar-refractivity contribution in [1.82, 2.24) is 19.9 Å². The first-order chi connectivity index (χ1) is 29.0. The molecule has 2 aliphatic heterocycles. The Balaban J connectivity index is 0.00000462. The van der Waals surface area contributed by atoms with Crippen LogP contribution in [0, 0.1) is 10.1 Å². The molecule has 0 atom stereocenters. The van der Waals surface area contributed by atoms with Crippen LogP contribution in [-0.2, 0) is 25.9 Å². The molecule has 2 aliphatic rings. The van der Waals surface area contributed by atoms with Gasteiger partial charge in [-0.1, -0.05) is 147 Å². The number of unbranched alkanes of at least 4 members (excludes halogenated alkanes) is 1. The second-order valence-corrected chi connectivity index (χ2v) is 14.8. The van der Waals surface area contributed by atoms with Gasteiger partial charge in [0, 0.05) is 12.1 Å². The van der Waals surface area contributed by atoms with Crippen molar-refractivity contribution in [3.05, 3.63) is 183 Å². The molecule has 60 heavy (non-hydrogen) atoms. The van der Waals surface area contributed by atoms with Crippen LogP contribution in [0.15, 0.2) is 133 Å². The van der Waals surface area contributed by atoms with E-state index in [-0.39, 0.29) is 30.1 Å². The largest absolute Gasteiger partial charge is 2.00 e. The molecular formula is C52H37N5O2Zn. The standard InChI is InChI=1S/C52H37N5O2.Zn/c1-2-3-17-41-43-24-28-47(53-43)51(39-20-9-14-34-12-4-6-18-37(34)39)49-30-26-45(55-49)42(23-22-33-11-8-16-36(32-33)57(58)59)46-27-31-50(56-46)52(48-29-25-44(41)54-48)40-21-10-15-35-13-5-7-19-38(35)40;/h4-16,18-32H,2-3,17H2,1H3;/q-2;+2/b23-22+,43-41?,44-41?,45-42?,46-42?,51-47?,51-49?,52-48?,52-50?;. The first-order valence-corrected chi connectivity index (χ1v) is 20.0. The average Bonchev–Trinajstić information content (AvgIpc) is 4.12. The number of hydrogen-bond acceptors (Lipinski definition) is 4. The summed E-state index contributed by atoms with van der Waals surface area (Å²) in [4.78, 5) is 32.9. The van der Waals surface area contributed by atoms with Crippen molar-refractivity contribution in [2.75, 3.05) is 0 Å². The zero-order valence-corrected chi connectivity index (χ0v) is 36.0. The Labute approximate surface area is 359 Å². The molecule has 0 saturated carbocycles. The molecule has 0 fully saturated rings. The molecule has 5 aromatic carbocycles. The van der Waals surface area contributed by atoms with E-state index in [2.05, 4.69) is 128 Å². The summed E-state index contributed by atoms with van der Waals surface area (Å²) in [5.74, 6) is 0. The molecule has 0 amide bonds. The van der Waals surface area contributed by atoms with E-state index in [4.69, 9.17) is 19.9 Å². The van der Waals surface area contributed by atoms with Crippen LogP contribution in [0.2, 0.25) is 0 Å². The molecule has 10 rings (SSSR count). The van der Waals surface area contributed by atoms with E-state index in [0.717, 1.165) is 119 Å². The van der Waals surface area contributed by atoms with Gasteiger partial charge in [0.05, 0.1) is 27.7 Å². The van der Waals surface area contributed by atoms with Crippen molar-refractivity contribution in [1.29, 1.82) is 0 Å². The normalized spacial score (nSPS) is 12.1. The third-order valence-electron chi connectivity index (χ3n) is 11.2. The Hall–Kier alpha value is -7.02. The van der Waals surface area contributed by atoms with E-state index < -0.39 is 0 Å². The van der Waals surface area contributed by atoms with E-state index in [9.17, 15) is 10.1 Å². The van der Waals surface area contributed by atoms with Gasteiger partial charge in [0.2, 0.25) is 0 Å². The van der Waals surface area contributed by atoms with Crippen LogP contribution >= 0.6 is 0 Å². The van der Waals surface area contributed by atoms with Crippen molar-refractivity contribution in [2.24, 2.45) is 0 Å². The van der Waals surface area contributed by atoms with Gasteiger partial charge in [0.1, 0.15) is 0 Å². The number of rotatable bonds is 8. The van der Waals surface area contributed by atoms with E-state index >= 15 is 0 Å². The molecule has 7 nitrogen and oxygen atoms in total. The first kappa shape index (κ1) is 38.5. The minimum Gasteiger partial charge on any atom is -0.657 e. The Morgan fingerprint density at radius 3 is 1.77 bits per heavy atom. The van der Waals surface area contributed by atoms with E-state index in [1.165, 1.54) is 6.07 Å². The molecular weight excluding hydrogens is 792 g/mol. The predicted molar refractivity (Wildman–Crippen MR) is 243 cm³/mol. The fraction of sp³-hybridized carbons (Fsp3) is 0.0769. The summed E-state index contributed by atoms with van der Waals surface area (Å²) in [5.41, 5.74) is 13.0. The van der Waals surface area contributed by atoms with Crippen molar-refractivity contribution in [3.8, 4) is 22.3 Å². The second kappa shape index (κ2) is 16.3. The molecule has 0 unspecified atom stereocenters. The number of aryl methyl sites for hydroxylation is 1. The van der Waals surface area contributed by atoms with Gasteiger partial charge in [-0.2, -0.15) is 0 Å². The number of nitro benzene ring substituents is 1. The molecule has 8 heteroatoms. The van der Waals surface area contributed by atoms with E-state index in [1.54, 1.807) is 12.1 Å². The third-order valence-corrected chi connectivity index (χ3v) is 11.2.